The molecule has 2 heterocycles. The first-order chi connectivity index (χ1) is 9.22. The molecule has 0 atom stereocenters. The van der Waals surface area contributed by atoms with Crippen LogP contribution < -0.4 is 5.32 Å². The van der Waals surface area contributed by atoms with E-state index in [-0.39, 0.29) is 0 Å². The fraction of sp³-hybridized carbons (Fsp3) is 0.286. The third-order valence-corrected chi connectivity index (χ3v) is 3.79. The summed E-state index contributed by atoms with van der Waals surface area (Å²) in [6.45, 7) is 4.99. The highest BCUT2D eigenvalue weighted by Gasteiger charge is 2.03. The quantitative estimate of drug-likeness (QED) is 0.787. The minimum atomic E-state index is 0.405. The van der Waals surface area contributed by atoms with Crippen LogP contribution in [0.4, 0.5) is 5.69 Å². The molecule has 0 aliphatic heterocycles. The van der Waals surface area contributed by atoms with E-state index in [2.05, 4.69) is 47.4 Å². The highest BCUT2D eigenvalue weighted by Crippen LogP contribution is 2.22. The Balaban J connectivity index is 1.70. The molecule has 0 amide bonds. The third kappa shape index (κ3) is 2.61. The van der Waals surface area contributed by atoms with Crippen LogP contribution in [-0.4, -0.2) is 14.8 Å². The molecule has 98 valence electrons. The van der Waals surface area contributed by atoms with Crippen LogP contribution in [0, 0.1) is 0 Å². The van der Waals surface area contributed by atoms with Gasteiger partial charge in [0, 0.05) is 17.9 Å². The number of hydrogen-bond acceptors (Lipinski definition) is 4. The first kappa shape index (κ1) is 12.2. The normalized spacial score (nSPS) is 11.3. The molecule has 3 aromatic rings. The van der Waals surface area contributed by atoms with Crippen molar-refractivity contribution >= 4 is 27.2 Å². The first-order valence-electron chi connectivity index (χ1n) is 6.33. The highest BCUT2D eigenvalue weighted by atomic mass is 32.1. The number of nitrogens with one attached hydrogen (secondary N) is 1. The zero-order valence-corrected chi connectivity index (χ0v) is 11.8. The number of anilines is 1. The van der Waals surface area contributed by atoms with Crippen LogP contribution in [0.15, 0.2) is 36.0 Å². The van der Waals surface area contributed by atoms with Gasteiger partial charge in [0.05, 0.1) is 28.0 Å². The van der Waals surface area contributed by atoms with E-state index >= 15 is 0 Å². The zero-order valence-electron chi connectivity index (χ0n) is 11.0. The number of thiazole rings is 1. The highest BCUT2D eigenvalue weighted by molar-refractivity contribution is 7.16. The fourth-order valence-corrected chi connectivity index (χ4v) is 2.63. The number of aromatic nitrogens is 3. The minimum absolute atomic E-state index is 0.405. The predicted octanol–water partition coefficient (Wildman–Crippen LogP) is 3.69. The van der Waals surface area contributed by atoms with Crippen molar-refractivity contribution in [1.29, 1.82) is 0 Å². The maximum absolute atomic E-state index is 4.52. The Morgan fingerprint density at radius 2 is 2.21 bits per heavy atom. The zero-order chi connectivity index (χ0) is 13.2. The summed E-state index contributed by atoms with van der Waals surface area (Å²) in [5, 5.41) is 7.92. The van der Waals surface area contributed by atoms with E-state index < -0.39 is 0 Å². The van der Waals surface area contributed by atoms with E-state index in [4.69, 9.17) is 0 Å². The molecule has 0 unspecified atom stereocenters. The second-order valence-electron chi connectivity index (χ2n) is 4.77. The lowest BCUT2D eigenvalue weighted by Gasteiger charge is -2.05. The lowest BCUT2D eigenvalue weighted by atomic mass is 10.3. The van der Waals surface area contributed by atoms with Gasteiger partial charge in [-0.05, 0) is 38.1 Å². The Hall–Kier alpha value is -1.88. The summed E-state index contributed by atoms with van der Waals surface area (Å²) in [5.41, 5.74) is 5.09. The molecule has 0 saturated heterocycles. The summed E-state index contributed by atoms with van der Waals surface area (Å²) in [5.74, 6) is 0. The van der Waals surface area contributed by atoms with E-state index in [1.54, 1.807) is 11.3 Å². The van der Waals surface area contributed by atoms with Crippen molar-refractivity contribution in [2.24, 2.45) is 0 Å². The second-order valence-corrected chi connectivity index (χ2v) is 5.66. The summed E-state index contributed by atoms with van der Waals surface area (Å²) in [4.78, 5) is 4.28. The van der Waals surface area contributed by atoms with Crippen molar-refractivity contribution in [2.45, 2.75) is 26.4 Å². The standard InChI is InChI=1S/C14H16N4S/c1-10(2)18-6-5-12(17-18)8-15-11-3-4-13-14(7-11)19-9-16-13/h3-7,9-10,15H,8H2,1-2H3. The molecule has 0 bridgehead atoms. The number of hydrogen-bond donors (Lipinski definition) is 1. The van der Waals surface area contributed by atoms with Crippen molar-refractivity contribution in [3.05, 3.63) is 41.7 Å². The van der Waals surface area contributed by atoms with Crippen LogP contribution in [0.3, 0.4) is 0 Å². The molecule has 0 fully saturated rings. The fourth-order valence-electron chi connectivity index (χ4n) is 1.92. The maximum atomic E-state index is 4.52. The molecule has 1 aromatic carbocycles. The van der Waals surface area contributed by atoms with Crippen molar-refractivity contribution in [3.8, 4) is 0 Å². The molecule has 0 spiro atoms. The first-order valence-corrected chi connectivity index (χ1v) is 7.21. The molecule has 19 heavy (non-hydrogen) atoms. The number of nitrogens with zero attached hydrogens (tertiary/aromatic N) is 3. The van der Waals surface area contributed by atoms with Gasteiger partial charge in [0.2, 0.25) is 0 Å². The van der Waals surface area contributed by atoms with E-state index in [1.807, 2.05) is 22.5 Å². The molecule has 2 aromatic heterocycles. The maximum Gasteiger partial charge on any atom is 0.0815 e. The topological polar surface area (TPSA) is 42.7 Å². The van der Waals surface area contributed by atoms with Gasteiger partial charge in [-0.2, -0.15) is 5.10 Å². The lowest BCUT2D eigenvalue weighted by molar-refractivity contribution is 0.527. The van der Waals surface area contributed by atoms with Crippen molar-refractivity contribution in [1.82, 2.24) is 14.8 Å². The average Bonchev–Trinajstić information content (AvgIpc) is 3.04. The molecule has 0 saturated carbocycles. The molecule has 0 radical (unpaired) electrons. The Kier molecular flexibility index (Phi) is 3.21. The third-order valence-electron chi connectivity index (χ3n) is 3.00. The largest absolute Gasteiger partial charge is 0.379 e. The predicted molar refractivity (Wildman–Crippen MR) is 79.6 cm³/mol. The second kappa shape index (κ2) is 5.01. The number of benzene rings is 1. The van der Waals surface area contributed by atoms with Crippen LogP contribution in [0.1, 0.15) is 25.6 Å². The Labute approximate surface area is 116 Å². The van der Waals surface area contributed by atoms with E-state index in [0.717, 1.165) is 23.4 Å². The minimum Gasteiger partial charge on any atom is -0.379 e. The molecule has 4 nitrogen and oxygen atoms in total. The Morgan fingerprint density at radius 1 is 1.32 bits per heavy atom. The van der Waals surface area contributed by atoms with E-state index in [1.165, 1.54) is 4.70 Å². The van der Waals surface area contributed by atoms with E-state index in [0.29, 0.717) is 6.04 Å². The SMILES string of the molecule is CC(C)n1ccc(CNc2ccc3ncsc3c2)n1. The van der Waals surface area contributed by atoms with Crippen molar-refractivity contribution in [3.63, 3.8) is 0 Å². The van der Waals surface area contributed by atoms with E-state index in [9.17, 15) is 0 Å². The molecule has 5 heteroatoms. The van der Waals surface area contributed by atoms with Crippen LogP contribution in [-0.2, 0) is 6.54 Å². The number of rotatable bonds is 4. The Morgan fingerprint density at radius 3 is 3.00 bits per heavy atom. The molecular formula is C14H16N4S. The van der Waals surface area contributed by atoms with Crippen molar-refractivity contribution < 1.29 is 0 Å². The number of fused-ring (bicyclic) bond motifs is 1. The molecule has 0 aliphatic rings. The van der Waals surface area contributed by atoms with Crippen molar-refractivity contribution in [2.75, 3.05) is 5.32 Å². The van der Waals surface area contributed by atoms with Gasteiger partial charge in [0.15, 0.2) is 0 Å². The molecule has 0 aliphatic carbocycles. The average molecular weight is 272 g/mol. The van der Waals surface area contributed by atoms with Gasteiger partial charge in [-0.3, -0.25) is 4.68 Å². The van der Waals surface area contributed by atoms with Gasteiger partial charge < -0.3 is 5.32 Å². The van der Waals surface area contributed by atoms with Crippen LogP contribution in [0.2, 0.25) is 0 Å². The van der Waals surface area contributed by atoms with Gasteiger partial charge in [-0.15, -0.1) is 11.3 Å². The lowest BCUT2D eigenvalue weighted by Crippen LogP contribution is -2.04. The Bertz CT molecular complexity index is 683. The summed E-state index contributed by atoms with van der Waals surface area (Å²) in [6.07, 6.45) is 2.02. The summed E-state index contributed by atoms with van der Waals surface area (Å²) in [6, 6.07) is 8.69. The van der Waals surface area contributed by atoms with Gasteiger partial charge in [0.25, 0.3) is 0 Å². The summed E-state index contributed by atoms with van der Waals surface area (Å²) >= 11 is 1.66. The van der Waals surface area contributed by atoms with Crippen LogP contribution in [0.5, 0.6) is 0 Å². The van der Waals surface area contributed by atoms with Gasteiger partial charge >= 0.3 is 0 Å². The smallest absolute Gasteiger partial charge is 0.0815 e. The molecular weight excluding hydrogens is 256 g/mol. The monoisotopic (exact) mass is 272 g/mol. The molecule has 3 rings (SSSR count). The summed E-state index contributed by atoms with van der Waals surface area (Å²) < 4.78 is 3.18. The summed E-state index contributed by atoms with van der Waals surface area (Å²) in [7, 11) is 0. The van der Waals surface area contributed by atoms with Gasteiger partial charge in [-0.25, -0.2) is 4.98 Å². The van der Waals surface area contributed by atoms with Gasteiger partial charge in [0.1, 0.15) is 0 Å². The van der Waals surface area contributed by atoms with Crippen LogP contribution in [0.25, 0.3) is 10.2 Å². The van der Waals surface area contributed by atoms with Gasteiger partial charge in [-0.1, -0.05) is 0 Å². The molecule has 1 N–H and O–H groups in total. The van der Waals surface area contributed by atoms with Crippen LogP contribution >= 0.6 is 11.3 Å².